The van der Waals surface area contributed by atoms with Crippen molar-refractivity contribution < 1.29 is 19.4 Å². The maximum absolute atomic E-state index is 13.0. The molecule has 1 N–H and O–H groups in total. The minimum atomic E-state index is -0.645. The number of rotatable bonds is 8. The van der Waals surface area contributed by atoms with E-state index in [1.54, 1.807) is 0 Å². The number of aliphatic carboxylic acids is 1. The maximum atomic E-state index is 13.0. The van der Waals surface area contributed by atoms with E-state index >= 15 is 0 Å². The Morgan fingerprint density at radius 1 is 0.829 bits per heavy atom. The van der Waals surface area contributed by atoms with E-state index in [4.69, 9.17) is 4.74 Å². The highest BCUT2D eigenvalue weighted by molar-refractivity contribution is 5.74. The van der Waals surface area contributed by atoms with Gasteiger partial charge in [0.25, 0.3) is 0 Å². The van der Waals surface area contributed by atoms with Gasteiger partial charge < -0.3 is 19.6 Å². The van der Waals surface area contributed by atoms with E-state index in [1.807, 2.05) is 35.2 Å². The first-order chi connectivity index (χ1) is 20.1. The van der Waals surface area contributed by atoms with Crippen LogP contribution in [0.5, 0.6) is 0 Å². The van der Waals surface area contributed by atoms with E-state index in [0.717, 1.165) is 89.8 Å². The summed E-state index contributed by atoms with van der Waals surface area (Å²) in [6.45, 7) is 5.29. The molecule has 0 spiro atoms. The zero-order chi connectivity index (χ0) is 28.2. The topological polar surface area (TPSA) is 73.3 Å². The summed E-state index contributed by atoms with van der Waals surface area (Å²) in [7, 11) is 0. The first-order valence-corrected chi connectivity index (χ1v) is 15.8. The zero-order valence-electron chi connectivity index (χ0n) is 24.2. The summed E-state index contributed by atoms with van der Waals surface area (Å²) in [6.07, 6.45) is 8.02. The zero-order valence-corrected chi connectivity index (χ0v) is 24.2. The van der Waals surface area contributed by atoms with Crippen LogP contribution in [0.3, 0.4) is 0 Å². The average Bonchev–Trinajstić information content (AvgIpc) is 3.41. The average molecular weight is 560 g/mol. The van der Waals surface area contributed by atoms with Gasteiger partial charge in [0, 0.05) is 57.6 Å². The molecule has 1 amide bonds. The first-order valence-electron chi connectivity index (χ1n) is 15.8. The van der Waals surface area contributed by atoms with Gasteiger partial charge in [-0.3, -0.25) is 9.69 Å². The standard InChI is InChI=1S/C34H45N3O4/c38-33(39)32(27-14-8-3-9-15-27)36-23-28(30(24-36)25-10-4-1-5-11-25)22-35-19-16-29(17-20-35)37-21-18-31(41-34(37)40)26-12-6-2-7-13-26/h1-2,4-7,10-13,27-32H,3,8-9,14-24H2,(H,38,39). The Bertz CT molecular complexity index is 1150. The number of hydrogen-bond donors (Lipinski definition) is 1. The molecule has 1 aliphatic carbocycles. The maximum Gasteiger partial charge on any atom is 0.410 e. The van der Waals surface area contributed by atoms with Crippen molar-refractivity contribution in [1.82, 2.24) is 14.7 Å². The van der Waals surface area contributed by atoms with Gasteiger partial charge in [0.15, 0.2) is 0 Å². The van der Waals surface area contributed by atoms with Crippen molar-refractivity contribution in [2.45, 2.75) is 75.5 Å². The van der Waals surface area contributed by atoms with Gasteiger partial charge >= 0.3 is 12.1 Å². The highest BCUT2D eigenvalue weighted by atomic mass is 16.6. The van der Waals surface area contributed by atoms with Crippen molar-refractivity contribution in [3.8, 4) is 0 Å². The van der Waals surface area contributed by atoms with Crippen LogP contribution in [0.1, 0.15) is 74.5 Å². The third-order valence-electron chi connectivity index (χ3n) is 10.2. The third kappa shape index (κ3) is 6.46. The summed E-state index contributed by atoms with van der Waals surface area (Å²) in [5, 5.41) is 10.3. The van der Waals surface area contributed by atoms with Crippen molar-refractivity contribution in [1.29, 1.82) is 0 Å². The molecule has 3 saturated heterocycles. The van der Waals surface area contributed by atoms with Crippen LogP contribution >= 0.6 is 0 Å². The lowest BCUT2D eigenvalue weighted by atomic mass is 9.83. The van der Waals surface area contributed by atoms with E-state index < -0.39 is 5.97 Å². The number of ether oxygens (including phenoxy) is 1. The quantitative estimate of drug-likeness (QED) is 0.442. The molecule has 3 aliphatic heterocycles. The van der Waals surface area contributed by atoms with Crippen LogP contribution in [-0.4, -0.2) is 83.2 Å². The number of piperidine rings is 1. The third-order valence-corrected chi connectivity index (χ3v) is 10.2. The molecule has 4 aliphatic rings. The van der Waals surface area contributed by atoms with Gasteiger partial charge in [-0.05, 0) is 48.6 Å². The Hall–Kier alpha value is -2.90. The van der Waals surface area contributed by atoms with Crippen LogP contribution in [0.25, 0.3) is 0 Å². The molecule has 7 heteroatoms. The fourth-order valence-corrected chi connectivity index (χ4v) is 8.08. The lowest BCUT2D eigenvalue weighted by Gasteiger charge is -2.42. The second-order valence-electron chi connectivity index (χ2n) is 12.7. The minimum Gasteiger partial charge on any atom is -0.480 e. The number of benzene rings is 2. The Morgan fingerprint density at radius 2 is 1.49 bits per heavy atom. The number of hydrogen-bond acceptors (Lipinski definition) is 5. The van der Waals surface area contributed by atoms with Gasteiger partial charge in [-0.2, -0.15) is 0 Å². The minimum absolute atomic E-state index is 0.150. The number of carbonyl (C=O) groups is 2. The SMILES string of the molecule is O=C(O)C(C1CCCCC1)N1CC(CN2CCC(N3CCC(c4ccccc4)OC3=O)CC2)C(c2ccccc2)C1. The molecule has 0 bridgehead atoms. The molecule has 4 atom stereocenters. The number of carboxylic acid groups (broad SMARTS) is 1. The highest BCUT2D eigenvalue weighted by Crippen LogP contribution is 2.39. The molecule has 220 valence electrons. The van der Waals surface area contributed by atoms with Crippen LogP contribution in [-0.2, 0) is 9.53 Å². The molecule has 0 aromatic heterocycles. The van der Waals surface area contributed by atoms with Crippen molar-refractivity contribution >= 4 is 12.1 Å². The van der Waals surface area contributed by atoms with Crippen molar-refractivity contribution in [3.63, 3.8) is 0 Å². The summed E-state index contributed by atoms with van der Waals surface area (Å²) < 4.78 is 5.86. The lowest BCUT2D eigenvalue weighted by molar-refractivity contribution is -0.145. The highest BCUT2D eigenvalue weighted by Gasteiger charge is 2.43. The van der Waals surface area contributed by atoms with Crippen LogP contribution in [0.15, 0.2) is 60.7 Å². The lowest BCUT2D eigenvalue weighted by Crippen LogP contribution is -2.51. The van der Waals surface area contributed by atoms with Crippen molar-refractivity contribution in [2.24, 2.45) is 11.8 Å². The Morgan fingerprint density at radius 3 is 2.12 bits per heavy atom. The van der Waals surface area contributed by atoms with Gasteiger partial charge in [-0.15, -0.1) is 0 Å². The van der Waals surface area contributed by atoms with Gasteiger partial charge in [-0.25, -0.2) is 4.79 Å². The van der Waals surface area contributed by atoms with Crippen LogP contribution in [0.4, 0.5) is 4.79 Å². The fourth-order valence-electron chi connectivity index (χ4n) is 8.08. The van der Waals surface area contributed by atoms with Gasteiger partial charge in [0.2, 0.25) is 0 Å². The van der Waals surface area contributed by atoms with E-state index in [2.05, 4.69) is 40.1 Å². The predicted octanol–water partition coefficient (Wildman–Crippen LogP) is 5.78. The van der Waals surface area contributed by atoms with Crippen LogP contribution in [0, 0.1) is 11.8 Å². The number of carboxylic acids is 1. The van der Waals surface area contributed by atoms with E-state index in [-0.39, 0.29) is 30.2 Å². The summed E-state index contributed by atoms with van der Waals surface area (Å²) in [4.78, 5) is 32.3. The molecule has 7 nitrogen and oxygen atoms in total. The van der Waals surface area contributed by atoms with E-state index in [1.165, 1.54) is 12.0 Å². The fraction of sp³-hybridized carbons (Fsp3) is 0.588. The number of nitrogens with zero attached hydrogens (tertiary/aromatic N) is 3. The molecule has 0 radical (unpaired) electrons. The number of carbonyl (C=O) groups excluding carboxylic acids is 1. The molecule has 1 saturated carbocycles. The first kappa shape index (κ1) is 28.2. The summed E-state index contributed by atoms with van der Waals surface area (Å²) in [5.74, 6) is 0.350. The predicted molar refractivity (Wildman–Crippen MR) is 159 cm³/mol. The summed E-state index contributed by atoms with van der Waals surface area (Å²) in [6, 6.07) is 20.6. The second-order valence-corrected chi connectivity index (χ2v) is 12.7. The van der Waals surface area contributed by atoms with Crippen molar-refractivity contribution in [2.75, 3.05) is 39.3 Å². The molecule has 4 fully saturated rings. The van der Waals surface area contributed by atoms with Crippen LogP contribution < -0.4 is 0 Å². The normalized spacial score (nSPS) is 28.0. The second kappa shape index (κ2) is 13.0. The summed E-state index contributed by atoms with van der Waals surface area (Å²) in [5.41, 5.74) is 2.40. The Labute approximate surface area is 244 Å². The number of likely N-dealkylation sites (tertiary alicyclic amines) is 2. The van der Waals surface area contributed by atoms with Crippen molar-refractivity contribution in [3.05, 3.63) is 71.8 Å². The molecule has 41 heavy (non-hydrogen) atoms. The summed E-state index contributed by atoms with van der Waals surface area (Å²) >= 11 is 0. The smallest absolute Gasteiger partial charge is 0.410 e. The van der Waals surface area contributed by atoms with Gasteiger partial charge in [0.1, 0.15) is 12.1 Å². The van der Waals surface area contributed by atoms with Gasteiger partial charge in [-0.1, -0.05) is 79.9 Å². The molecule has 2 aromatic carbocycles. The van der Waals surface area contributed by atoms with Gasteiger partial charge in [0.05, 0.1) is 0 Å². The molecular formula is C34H45N3O4. The number of amides is 1. The Balaban J connectivity index is 1.07. The number of cyclic esters (lactones) is 1. The molecule has 3 heterocycles. The molecule has 6 rings (SSSR count). The monoisotopic (exact) mass is 559 g/mol. The molecule has 4 unspecified atom stereocenters. The van der Waals surface area contributed by atoms with E-state index in [9.17, 15) is 14.7 Å². The largest absolute Gasteiger partial charge is 0.480 e. The molecule has 2 aromatic rings. The molecular weight excluding hydrogens is 514 g/mol. The van der Waals surface area contributed by atoms with Crippen LogP contribution in [0.2, 0.25) is 0 Å². The Kier molecular flexibility index (Phi) is 8.92. The van der Waals surface area contributed by atoms with E-state index in [0.29, 0.717) is 11.8 Å².